The molecule has 4 heteroatoms. The molecule has 1 aliphatic rings. The van der Waals surface area contributed by atoms with Crippen molar-refractivity contribution >= 4 is 21.9 Å². The highest BCUT2D eigenvalue weighted by Crippen LogP contribution is 2.32. The highest BCUT2D eigenvalue weighted by Gasteiger charge is 2.27. The van der Waals surface area contributed by atoms with Gasteiger partial charge in [0.25, 0.3) is 0 Å². The van der Waals surface area contributed by atoms with Gasteiger partial charge in [-0.15, -0.1) is 0 Å². The van der Waals surface area contributed by atoms with E-state index >= 15 is 0 Å². The van der Waals surface area contributed by atoms with Gasteiger partial charge >= 0.3 is 5.97 Å². The van der Waals surface area contributed by atoms with Crippen molar-refractivity contribution in [1.29, 1.82) is 0 Å². The third-order valence-corrected chi connectivity index (χ3v) is 4.54. The standard InChI is InChI=1S/C16H21BrO3/c1-16(2,15(18)19)9-12-6-7-14(13(17)8-12)20-10-11-4-3-5-11/h6-8,11H,3-5,9-10H2,1-2H3,(H,18,19). The number of carboxylic acid groups (broad SMARTS) is 1. The Morgan fingerprint density at radius 3 is 2.65 bits per heavy atom. The van der Waals surface area contributed by atoms with Crippen molar-refractivity contribution in [2.75, 3.05) is 6.61 Å². The zero-order chi connectivity index (χ0) is 14.8. The van der Waals surface area contributed by atoms with Crippen LogP contribution in [0.1, 0.15) is 38.7 Å². The first-order chi connectivity index (χ1) is 9.38. The summed E-state index contributed by atoms with van der Waals surface area (Å²) in [4.78, 5) is 11.2. The molecule has 3 nitrogen and oxygen atoms in total. The monoisotopic (exact) mass is 340 g/mol. The van der Waals surface area contributed by atoms with Gasteiger partial charge < -0.3 is 9.84 Å². The average molecular weight is 341 g/mol. The van der Waals surface area contributed by atoms with Crippen molar-refractivity contribution in [2.24, 2.45) is 11.3 Å². The lowest BCUT2D eigenvalue weighted by molar-refractivity contribution is -0.146. The van der Waals surface area contributed by atoms with Crippen LogP contribution in [0.5, 0.6) is 5.75 Å². The van der Waals surface area contributed by atoms with Crippen LogP contribution in [0.15, 0.2) is 22.7 Å². The van der Waals surface area contributed by atoms with Gasteiger partial charge in [0.15, 0.2) is 0 Å². The van der Waals surface area contributed by atoms with E-state index in [9.17, 15) is 4.79 Å². The Kier molecular flexibility index (Phi) is 4.74. The van der Waals surface area contributed by atoms with Crippen LogP contribution in [0.3, 0.4) is 0 Å². The number of hydrogen-bond acceptors (Lipinski definition) is 2. The topological polar surface area (TPSA) is 46.5 Å². The Balaban J connectivity index is 1.99. The maximum atomic E-state index is 11.2. The second-order valence-corrected chi connectivity index (χ2v) is 7.09. The lowest BCUT2D eigenvalue weighted by Crippen LogP contribution is -2.26. The highest BCUT2D eigenvalue weighted by atomic mass is 79.9. The summed E-state index contributed by atoms with van der Waals surface area (Å²) in [6.45, 7) is 4.26. The minimum Gasteiger partial charge on any atom is -0.492 e. The summed E-state index contributed by atoms with van der Waals surface area (Å²) in [6, 6.07) is 5.84. The molecule has 0 bridgehead atoms. The molecule has 1 aliphatic carbocycles. The van der Waals surface area contributed by atoms with Crippen LogP contribution in [0.4, 0.5) is 0 Å². The van der Waals surface area contributed by atoms with Crippen molar-refractivity contribution < 1.29 is 14.6 Å². The van der Waals surface area contributed by atoms with Crippen LogP contribution < -0.4 is 4.74 Å². The van der Waals surface area contributed by atoms with E-state index in [1.54, 1.807) is 13.8 Å². The summed E-state index contributed by atoms with van der Waals surface area (Å²) in [5.41, 5.74) is 0.244. The molecule has 110 valence electrons. The van der Waals surface area contributed by atoms with E-state index in [0.717, 1.165) is 22.4 Å². The predicted octanol–water partition coefficient (Wildman–Crippen LogP) is 4.28. The maximum absolute atomic E-state index is 11.2. The predicted molar refractivity (Wildman–Crippen MR) is 82.1 cm³/mol. The number of benzene rings is 1. The van der Waals surface area contributed by atoms with Crippen LogP contribution in [0.2, 0.25) is 0 Å². The van der Waals surface area contributed by atoms with E-state index < -0.39 is 11.4 Å². The van der Waals surface area contributed by atoms with Gasteiger partial charge in [-0.1, -0.05) is 12.5 Å². The van der Waals surface area contributed by atoms with Crippen molar-refractivity contribution in [3.05, 3.63) is 28.2 Å². The first-order valence-corrected chi connectivity index (χ1v) is 7.82. The van der Waals surface area contributed by atoms with Crippen molar-refractivity contribution in [3.8, 4) is 5.75 Å². The minimum atomic E-state index is -0.779. The molecule has 0 saturated heterocycles. The molecule has 1 fully saturated rings. The van der Waals surface area contributed by atoms with E-state index in [4.69, 9.17) is 9.84 Å². The molecule has 0 radical (unpaired) electrons. The average Bonchev–Trinajstić information content (AvgIpc) is 2.29. The van der Waals surface area contributed by atoms with Crippen LogP contribution in [0.25, 0.3) is 0 Å². The quantitative estimate of drug-likeness (QED) is 0.840. The lowest BCUT2D eigenvalue weighted by Gasteiger charge is -2.25. The molecule has 1 aromatic rings. The summed E-state index contributed by atoms with van der Waals surface area (Å²) < 4.78 is 6.71. The van der Waals surface area contributed by atoms with Gasteiger partial charge in [0, 0.05) is 0 Å². The van der Waals surface area contributed by atoms with Crippen molar-refractivity contribution in [3.63, 3.8) is 0 Å². The number of halogens is 1. The molecule has 1 N–H and O–H groups in total. The van der Waals surface area contributed by atoms with E-state index in [1.807, 2.05) is 18.2 Å². The molecule has 0 atom stereocenters. The molecule has 1 aromatic carbocycles. The SMILES string of the molecule is CC(C)(Cc1ccc(OCC2CCC2)c(Br)c1)C(=O)O. The van der Waals surface area contributed by atoms with E-state index in [-0.39, 0.29) is 0 Å². The molecule has 0 amide bonds. The highest BCUT2D eigenvalue weighted by molar-refractivity contribution is 9.10. The smallest absolute Gasteiger partial charge is 0.309 e. The summed E-state index contributed by atoms with van der Waals surface area (Å²) >= 11 is 3.51. The Hall–Kier alpha value is -1.03. The van der Waals surface area contributed by atoms with Crippen molar-refractivity contribution in [1.82, 2.24) is 0 Å². The summed E-state index contributed by atoms with van der Waals surface area (Å²) in [5, 5.41) is 9.17. The fourth-order valence-electron chi connectivity index (χ4n) is 2.22. The number of carbonyl (C=O) groups is 1. The third-order valence-electron chi connectivity index (χ3n) is 3.92. The van der Waals surface area contributed by atoms with Crippen LogP contribution >= 0.6 is 15.9 Å². The Morgan fingerprint density at radius 1 is 1.45 bits per heavy atom. The van der Waals surface area contributed by atoms with E-state index in [0.29, 0.717) is 12.3 Å². The van der Waals surface area contributed by atoms with Crippen LogP contribution in [-0.2, 0) is 11.2 Å². The number of aliphatic carboxylic acids is 1. The fourth-order valence-corrected chi connectivity index (χ4v) is 2.77. The zero-order valence-electron chi connectivity index (χ0n) is 12.0. The minimum absolute atomic E-state index is 0.504. The Morgan fingerprint density at radius 2 is 2.15 bits per heavy atom. The van der Waals surface area contributed by atoms with Crippen LogP contribution in [-0.4, -0.2) is 17.7 Å². The first kappa shape index (κ1) is 15.4. The molecule has 0 spiro atoms. The van der Waals surface area contributed by atoms with Gasteiger partial charge in [-0.2, -0.15) is 0 Å². The normalized spacial score (nSPS) is 15.8. The van der Waals surface area contributed by atoms with E-state index in [2.05, 4.69) is 15.9 Å². The number of rotatable bonds is 6. The largest absolute Gasteiger partial charge is 0.492 e. The van der Waals surface area contributed by atoms with Gasteiger partial charge in [-0.25, -0.2) is 0 Å². The van der Waals surface area contributed by atoms with Gasteiger partial charge in [0.1, 0.15) is 5.75 Å². The zero-order valence-corrected chi connectivity index (χ0v) is 13.6. The molecular weight excluding hydrogens is 320 g/mol. The molecule has 0 unspecified atom stereocenters. The number of ether oxygens (including phenoxy) is 1. The Labute approximate surface area is 128 Å². The van der Waals surface area contributed by atoms with Gasteiger partial charge in [0.05, 0.1) is 16.5 Å². The first-order valence-electron chi connectivity index (χ1n) is 7.03. The van der Waals surface area contributed by atoms with E-state index in [1.165, 1.54) is 19.3 Å². The maximum Gasteiger partial charge on any atom is 0.309 e. The molecule has 0 aromatic heterocycles. The van der Waals surface area contributed by atoms with Crippen molar-refractivity contribution in [2.45, 2.75) is 39.5 Å². The second-order valence-electron chi connectivity index (χ2n) is 6.24. The third kappa shape index (κ3) is 3.75. The molecule has 1 saturated carbocycles. The number of carboxylic acids is 1. The molecule has 0 aliphatic heterocycles. The number of hydrogen-bond donors (Lipinski definition) is 1. The summed E-state index contributed by atoms with van der Waals surface area (Å²) in [5.74, 6) is 0.764. The van der Waals surface area contributed by atoms with Gasteiger partial charge in [-0.05, 0) is 72.7 Å². The van der Waals surface area contributed by atoms with Crippen LogP contribution in [0, 0.1) is 11.3 Å². The fraction of sp³-hybridized carbons (Fsp3) is 0.562. The Bertz CT molecular complexity index is 492. The lowest BCUT2D eigenvalue weighted by atomic mass is 9.86. The molecule has 2 rings (SSSR count). The van der Waals surface area contributed by atoms with Gasteiger partial charge in [0.2, 0.25) is 0 Å². The summed E-state index contributed by atoms with van der Waals surface area (Å²) in [7, 11) is 0. The molecule has 20 heavy (non-hydrogen) atoms. The molecule has 0 heterocycles. The second kappa shape index (κ2) is 6.17. The van der Waals surface area contributed by atoms with Gasteiger partial charge in [-0.3, -0.25) is 4.79 Å². The summed E-state index contributed by atoms with van der Waals surface area (Å²) in [6.07, 6.45) is 4.35. The molecular formula is C16H21BrO3.